The molecule has 0 spiro atoms. The maximum Gasteiger partial charge on any atom is 0.125 e. The number of quaternary nitrogens is 2. The van der Waals surface area contributed by atoms with Gasteiger partial charge in [-0.2, -0.15) is 0 Å². The normalized spacial score (nSPS) is 9.12. The highest BCUT2D eigenvalue weighted by molar-refractivity contribution is 5.64. The molecule has 8 heavy (non-hydrogen) atoms. The number of rotatable bonds is 4. The Bertz CT molecular complexity index is 74.4. The van der Waals surface area contributed by atoms with Gasteiger partial charge in [-0.25, -0.2) is 0 Å². The van der Waals surface area contributed by atoms with Crippen LogP contribution in [0.4, 0.5) is 0 Å². The van der Waals surface area contributed by atoms with Gasteiger partial charge in [0.2, 0.25) is 0 Å². The Morgan fingerprint density at radius 1 is 1.75 bits per heavy atom. The van der Waals surface area contributed by atoms with E-state index >= 15 is 0 Å². The van der Waals surface area contributed by atoms with E-state index in [9.17, 15) is 9.90 Å². The van der Waals surface area contributed by atoms with Crippen LogP contribution in [-0.2, 0) is 4.79 Å². The van der Waals surface area contributed by atoms with Crippen molar-refractivity contribution in [1.82, 2.24) is 0 Å². The molecule has 0 atom stereocenters. The molecule has 0 aromatic carbocycles. The van der Waals surface area contributed by atoms with Crippen LogP contribution in [0.25, 0.3) is 0 Å². The van der Waals surface area contributed by atoms with Gasteiger partial charge in [0.15, 0.2) is 0 Å². The smallest absolute Gasteiger partial charge is 0.125 e. The molecule has 0 amide bonds. The van der Waals surface area contributed by atoms with Crippen molar-refractivity contribution in [2.45, 2.75) is 0 Å². The van der Waals surface area contributed by atoms with E-state index in [2.05, 4.69) is 5.73 Å². The minimum absolute atomic E-state index is 0.0511. The Hall–Kier alpha value is -0.610. The molecule has 0 saturated heterocycles. The molecule has 0 rings (SSSR count). The first-order chi connectivity index (χ1) is 3.77. The van der Waals surface area contributed by atoms with E-state index in [4.69, 9.17) is 0 Å². The SMILES string of the molecule is [NH3+]CC[NH2+]CC(=O)[O-]. The van der Waals surface area contributed by atoms with Crippen molar-refractivity contribution in [3.63, 3.8) is 0 Å². The van der Waals surface area contributed by atoms with Gasteiger partial charge < -0.3 is 21.0 Å². The van der Waals surface area contributed by atoms with Crippen LogP contribution in [0.3, 0.4) is 0 Å². The molecule has 0 radical (unpaired) electrons. The van der Waals surface area contributed by atoms with Crippen LogP contribution < -0.4 is 16.2 Å². The van der Waals surface area contributed by atoms with Crippen molar-refractivity contribution < 1.29 is 21.0 Å². The van der Waals surface area contributed by atoms with E-state index in [1.165, 1.54) is 0 Å². The molecule has 0 aliphatic heterocycles. The zero-order chi connectivity index (χ0) is 6.41. The van der Waals surface area contributed by atoms with Crippen molar-refractivity contribution in [2.75, 3.05) is 19.6 Å². The zero-order valence-electron chi connectivity index (χ0n) is 4.72. The third-order valence-corrected chi connectivity index (χ3v) is 0.719. The number of hydrogen-bond donors (Lipinski definition) is 2. The van der Waals surface area contributed by atoms with Crippen LogP contribution in [0, 0.1) is 0 Å². The molecule has 0 fully saturated rings. The fourth-order valence-electron chi connectivity index (χ4n) is 0.364. The van der Waals surface area contributed by atoms with Gasteiger partial charge in [0.1, 0.15) is 19.6 Å². The number of carbonyl (C=O) groups excluding carboxylic acids is 1. The summed E-state index contributed by atoms with van der Waals surface area (Å²) < 4.78 is 0. The molecule has 0 saturated carbocycles. The average molecular weight is 119 g/mol. The minimum Gasteiger partial charge on any atom is -0.544 e. The third kappa shape index (κ3) is 5.39. The van der Waals surface area contributed by atoms with Gasteiger partial charge >= 0.3 is 0 Å². The van der Waals surface area contributed by atoms with Crippen molar-refractivity contribution in [3.05, 3.63) is 0 Å². The molecule has 0 aromatic rings. The predicted octanol–water partition coefficient (Wildman–Crippen LogP) is -4.46. The second-order valence-electron chi connectivity index (χ2n) is 1.51. The highest BCUT2D eigenvalue weighted by atomic mass is 16.4. The zero-order valence-corrected chi connectivity index (χ0v) is 4.72. The lowest BCUT2D eigenvalue weighted by molar-refractivity contribution is -0.665. The maximum atomic E-state index is 9.71. The summed E-state index contributed by atoms with van der Waals surface area (Å²) in [7, 11) is 0. The number of carboxylic acids is 1. The van der Waals surface area contributed by atoms with Crippen LogP contribution in [0.1, 0.15) is 0 Å². The van der Waals surface area contributed by atoms with Gasteiger partial charge in [-0.1, -0.05) is 0 Å². The van der Waals surface area contributed by atoms with Crippen LogP contribution in [-0.4, -0.2) is 25.6 Å². The van der Waals surface area contributed by atoms with Gasteiger partial charge in [-0.3, -0.25) is 0 Å². The first-order valence-electron chi connectivity index (χ1n) is 2.58. The summed E-state index contributed by atoms with van der Waals surface area (Å²) in [6.07, 6.45) is 0. The van der Waals surface area contributed by atoms with Gasteiger partial charge in [0, 0.05) is 0 Å². The maximum absolute atomic E-state index is 9.71. The van der Waals surface area contributed by atoms with E-state index in [1.807, 2.05) is 0 Å². The summed E-state index contributed by atoms with van der Waals surface area (Å²) in [6.45, 7) is 1.57. The first kappa shape index (κ1) is 7.39. The van der Waals surface area contributed by atoms with Crippen molar-refractivity contribution >= 4 is 5.97 Å². The fraction of sp³-hybridized carbons (Fsp3) is 0.750. The van der Waals surface area contributed by atoms with Gasteiger partial charge in [0.05, 0.1) is 5.97 Å². The topological polar surface area (TPSA) is 84.4 Å². The molecular formula is C4H11N2O2+. The molecule has 0 unspecified atom stereocenters. The number of nitrogens with two attached hydrogens (primary N) is 1. The summed E-state index contributed by atoms with van der Waals surface area (Å²) in [5.74, 6) is -1.02. The van der Waals surface area contributed by atoms with Crippen LogP contribution >= 0.6 is 0 Å². The van der Waals surface area contributed by atoms with Crippen LogP contribution in [0.2, 0.25) is 0 Å². The second-order valence-corrected chi connectivity index (χ2v) is 1.51. The Kier molecular flexibility index (Phi) is 4.20. The van der Waals surface area contributed by atoms with Gasteiger partial charge in [-0.15, -0.1) is 0 Å². The van der Waals surface area contributed by atoms with Crippen molar-refractivity contribution in [3.8, 4) is 0 Å². The third-order valence-electron chi connectivity index (χ3n) is 0.719. The quantitative estimate of drug-likeness (QED) is 0.366. The van der Waals surface area contributed by atoms with Crippen molar-refractivity contribution in [1.29, 1.82) is 0 Å². The summed E-state index contributed by atoms with van der Waals surface area (Å²) in [4.78, 5) is 9.71. The molecule has 0 bridgehead atoms. The molecule has 5 N–H and O–H groups in total. The second kappa shape index (κ2) is 4.55. The van der Waals surface area contributed by atoms with E-state index in [-0.39, 0.29) is 6.54 Å². The number of carboxylic acid groups (broad SMARTS) is 1. The highest BCUT2D eigenvalue weighted by Gasteiger charge is 1.86. The molecule has 0 heterocycles. The van der Waals surface area contributed by atoms with Crippen molar-refractivity contribution in [2.24, 2.45) is 0 Å². The van der Waals surface area contributed by atoms with Gasteiger partial charge in [-0.05, 0) is 0 Å². The van der Waals surface area contributed by atoms with E-state index in [0.717, 1.165) is 13.1 Å². The standard InChI is InChI=1S/C4H10N2O2/c5-1-2-6-3-4(7)8/h6H,1-3,5H2,(H,7,8)/p+1. The Labute approximate surface area is 47.7 Å². The molecule has 48 valence electrons. The predicted molar refractivity (Wildman–Crippen MR) is 24.4 cm³/mol. The largest absolute Gasteiger partial charge is 0.544 e. The highest BCUT2D eigenvalue weighted by Crippen LogP contribution is 1.36. The number of hydrogen-bond acceptors (Lipinski definition) is 2. The molecule has 0 aromatic heterocycles. The molecule has 0 aliphatic carbocycles. The lowest BCUT2D eigenvalue weighted by Gasteiger charge is -1.96. The minimum atomic E-state index is -1.02. The van der Waals surface area contributed by atoms with E-state index in [0.29, 0.717) is 0 Å². The van der Waals surface area contributed by atoms with Crippen LogP contribution in [0.5, 0.6) is 0 Å². The summed E-state index contributed by atoms with van der Waals surface area (Å²) in [5, 5.41) is 11.4. The number of aliphatic carboxylic acids is 1. The first-order valence-corrected chi connectivity index (χ1v) is 2.58. The fourth-order valence-corrected chi connectivity index (χ4v) is 0.364. The lowest BCUT2D eigenvalue weighted by atomic mass is 10.6. The lowest BCUT2D eigenvalue weighted by Crippen LogP contribution is -2.90. The Morgan fingerprint density at radius 3 is 2.75 bits per heavy atom. The summed E-state index contributed by atoms with van der Waals surface area (Å²) >= 11 is 0. The van der Waals surface area contributed by atoms with E-state index < -0.39 is 5.97 Å². The molecule has 0 aliphatic rings. The Morgan fingerprint density at radius 2 is 2.38 bits per heavy atom. The number of carbonyl (C=O) groups is 1. The summed E-state index contributed by atoms with van der Waals surface area (Å²) in [5.41, 5.74) is 3.54. The van der Waals surface area contributed by atoms with Gasteiger partial charge in [0.25, 0.3) is 0 Å². The molecular weight excluding hydrogens is 108 g/mol. The molecule has 4 nitrogen and oxygen atoms in total. The van der Waals surface area contributed by atoms with Crippen LogP contribution in [0.15, 0.2) is 0 Å². The summed E-state index contributed by atoms with van der Waals surface area (Å²) in [6, 6.07) is 0. The Balaban J connectivity index is 2.82. The molecule has 4 heteroatoms. The van der Waals surface area contributed by atoms with E-state index in [1.54, 1.807) is 5.32 Å². The monoisotopic (exact) mass is 119 g/mol. The average Bonchev–Trinajstić information content (AvgIpc) is 1.66.